The predicted molar refractivity (Wildman–Crippen MR) is 189 cm³/mol. The highest BCUT2D eigenvalue weighted by Crippen LogP contribution is 2.35. The number of alkyl halides is 6. The van der Waals surface area contributed by atoms with Crippen molar-refractivity contribution < 1.29 is 46.1 Å². The van der Waals surface area contributed by atoms with Gasteiger partial charge in [0.25, 0.3) is 22.2 Å². The van der Waals surface area contributed by atoms with E-state index >= 15 is 0 Å². The zero-order valence-corrected chi connectivity index (χ0v) is 29.1. The van der Waals surface area contributed by atoms with Crippen LogP contribution in [0.3, 0.4) is 0 Å². The fourth-order valence-corrected chi connectivity index (χ4v) is 5.87. The Balaban J connectivity index is 0.000000396. The Kier molecular flexibility index (Phi) is 11.9. The Labute approximate surface area is 298 Å². The minimum Gasteiger partial charge on any atom is -0.475 e. The Morgan fingerprint density at radius 3 is 1.19 bits per heavy atom. The molecule has 0 unspecified atom stereocenters. The number of aromatic amines is 2. The minimum atomic E-state index is -5.08. The average molecular weight is 769 g/mol. The molecule has 3 heterocycles. The number of rotatable bonds is 8. The summed E-state index contributed by atoms with van der Waals surface area (Å²) in [6.07, 6.45) is -8.93. The van der Waals surface area contributed by atoms with Crippen LogP contribution in [0.2, 0.25) is 0 Å². The lowest BCUT2D eigenvalue weighted by Crippen LogP contribution is -2.36. The van der Waals surface area contributed by atoms with E-state index in [1.54, 1.807) is 12.1 Å². The molecule has 0 bridgehead atoms. The quantitative estimate of drug-likeness (QED) is 0.101. The third-order valence-electron chi connectivity index (χ3n) is 8.23. The summed E-state index contributed by atoms with van der Waals surface area (Å²) < 4.78 is 66.0. The molecule has 6 aromatic rings. The summed E-state index contributed by atoms with van der Waals surface area (Å²) in [7, 11) is 7.77. The molecule has 6 rings (SSSR count). The van der Waals surface area contributed by atoms with Crippen molar-refractivity contribution in [3.63, 3.8) is 0 Å². The number of carboxylic acids is 2. The van der Waals surface area contributed by atoms with Crippen LogP contribution in [-0.4, -0.2) is 105 Å². The van der Waals surface area contributed by atoms with Crippen molar-refractivity contribution in [2.75, 3.05) is 41.3 Å². The van der Waals surface area contributed by atoms with Gasteiger partial charge in [-0.25, -0.2) is 9.59 Å². The molecule has 14 nitrogen and oxygen atoms in total. The van der Waals surface area contributed by atoms with Crippen LogP contribution in [0.25, 0.3) is 54.4 Å². The van der Waals surface area contributed by atoms with Crippen LogP contribution in [0.5, 0.6) is 0 Å². The summed E-state index contributed by atoms with van der Waals surface area (Å²) in [5, 5.41) is 16.2. The number of H-pyrrole nitrogens is 2. The number of para-hydroxylation sites is 2. The summed E-state index contributed by atoms with van der Waals surface area (Å²) in [6, 6.07) is 10.8. The lowest BCUT2D eigenvalue weighted by atomic mass is 9.94. The van der Waals surface area contributed by atoms with Gasteiger partial charge in [-0.2, -0.15) is 26.3 Å². The summed E-state index contributed by atoms with van der Waals surface area (Å²) in [6.45, 7) is 1.96. The van der Waals surface area contributed by atoms with E-state index in [0.29, 0.717) is 56.2 Å². The molecule has 0 radical (unpaired) electrons. The molecule has 54 heavy (non-hydrogen) atoms. The molecule has 0 spiro atoms. The minimum absolute atomic E-state index is 0.261. The van der Waals surface area contributed by atoms with Crippen LogP contribution >= 0.6 is 0 Å². The first-order valence-corrected chi connectivity index (χ1v) is 16.0. The van der Waals surface area contributed by atoms with Crippen LogP contribution in [0, 0.1) is 0 Å². The molecule has 20 heteroatoms. The van der Waals surface area contributed by atoms with Gasteiger partial charge < -0.3 is 30.0 Å². The van der Waals surface area contributed by atoms with E-state index < -0.39 is 46.5 Å². The summed E-state index contributed by atoms with van der Waals surface area (Å²) >= 11 is 0. The maximum absolute atomic E-state index is 14.1. The zero-order chi connectivity index (χ0) is 40.4. The summed E-state index contributed by atoms with van der Waals surface area (Å²) in [5.41, 5.74) is 0.716. The molecule has 0 fully saturated rings. The van der Waals surface area contributed by atoms with Crippen LogP contribution < -0.4 is 22.2 Å². The van der Waals surface area contributed by atoms with Gasteiger partial charge in [0.15, 0.2) is 0 Å². The number of hydrogen-bond acceptors (Lipinski definition) is 8. The SMILES string of the molecule is CN(C)CCCn1c(=O)c2ccc3c(=O)n(CCCN(C)C)c(=O)c4c5[nH]c6ccccc6[nH]c5c(c1=O)c2c34.O=C(O)C(F)(F)F.O=C(O)C(F)(F)F. The van der Waals surface area contributed by atoms with Crippen LogP contribution in [-0.2, 0) is 22.7 Å². The van der Waals surface area contributed by atoms with Gasteiger partial charge in [-0.05, 0) is 78.4 Å². The van der Waals surface area contributed by atoms with E-state index in [1.165, 1.54) is 9.13 Å². The molecular formula is C34H34F6N6O8. The lowest BCUT2D eigenvalue weighted by molar-refractivity contribution is -0.193. The van der Waals surface area contributed by atoms with Crippen LogP contribution in [0.4, 0.5) is 26.3 Å². The number of fused-ring (bicyclic) bond motifs is 4. The Bertz CT molecular complexity index is 2430. The highest BCUT2D eigenvalue weighted by Gasteiger charge is 2.39. The monoisotopic (exact) mass is 768 g/mol. The number of benzene rings is 3. The molecule has 0 aliphatic heterocycles. The number of pyridine rings is 2. The average Bonchev–Trinajstić information content (AvgIpc) is 3.07. The van der Waals surface area contributed by atoms with Gasteiger partial charge in [0.05, 0.1) is 32.8 Å². The second-order valence-corrected chi connectivity index (χ2v) is 12.6. The number of nitrogens with zero attached hydrogens (tertiary/aromatic N) is 4. The van der Waals surface area contributed by atoms with Gasteiger partial charge >= 0.3 is 24.3 Å². The van der Waals surface area contributed by atoms with Gasteiger partial charge in [-0.1, -0.05) is 12.1 Å². The van der Waals surface area contributed by atoms with E-state index in [2.05, 4.69) is 9.97 Å². The molecule has 0 saturated carbocycles. The van der Waals surface area contributed by atoms with E-state index in [4.69, 9.17) is 19.8 Å². The lowest BCUT2D eigenvalue weighted by Gasteiger charge is -2.18. The number of aromatic nitrogens is 4. The van der Waals surface area contributed by atoms with Gasteiger partial charge in [-0.3, -0.25) is 28.3 Å². The van der Waals surface area contributed by atoms with Crippen LogP contribution in [0.1, 0.15) is 12.8 Å². The molecule has 3 aromatic carbocycles. The summed E-state index contributed by atoms with van der Waals surface area (Å²) in [5.74, 6) is -5.51. The van der Waals surface area contributed by atoms with Crippen molar-refractivity contribution in [3.8, 4) is 0 Å². The maximum Gasteiger partial charge on any atom is 0.490 e. The van der Waals surface area contributed by atoms with Gasteiger partial charge in [0.1, 0.15) is 0 Å². The van der Waals surface area contributed by atoms with E-state index in [0.717, 1.165) is 24.1 Å². The van der Waals surface area contributed by atoms with Crippen molar-refractivity contribution in [2.45, 2.75) is 38.3 Å². The van der Waals surface area contributed by atoms with Crippen molar-refractivity contribution in [1.82, 2.24) is 28.9 Å². The number of aliphatic carboxylic acids is 2. The van der Waals surface area contributed by atoms with E-state index in [1.807, 2.05) is 62.3 Å². The number of carbonyl (C=O) groups is 2. The zero-order valence-electron chi connectivity index (χ0n) is 29.1. The first kappa shape index (κ1) is 41.0. The number of halogens is 6. The third kappa shape index (κ3) is 8.38. The first-order valence-electron chi connectivity index (χ1n) is 16.0. The van der Waals surface area contributed by atoms with E-state index in [9.17, 15) is 45.5 Å². The predicted octanol–water partition coefficient (Wildman–Crippen LogP) is 3.76. The highest BCUT2D eigenvalue weighted by atomic mass is 19.4. The number of carboxylic acid groups (broad SMARTS) is 2. The third-order valence-corrected chi connectivity index (χ3v) is 8.23. The van der Waals surface area contributed by atoms with Crippen molar-refractivity contribution >= 4 is 66.3 Å². The van der Waals surface area contributed by atoms with Gasteiger partial charge in [0.2, 0.25) is 0 Å². The van der Waals surface area contributed by atoms with E-state index in [-0.39, 0.29) is 13.1 Å². The Morgan fingerprint density at radius 2 is 0.907 bits per heavy atom. The molecule has 0 amide bonds. The second-order valence-electron chi connectivity index (χ2n) is 12.6. The van der Waals surface area contributed by atoms with Gasteiger partial charge in [-0.15, -0.1) is 0 Å². The smallest absolute Gasteiger partial charge is 0.475 e. The van der Waals surface area contributed by atoms with Crippen molar-refractivity contribution in [3.05, 3.63) is 77.8 Å². The normalized spacial score (nSPS) is 12.1. The molecular weight excluding hydrogens is 734 g/mol. The molecule has 0 atom stereocenters. The van der Waals surface area contributed by atoms with Crippen LogP contribution in [0.15, 0.2) is 55.6 Å². The Hall–Kier alpha value is -5.76. The largest absolute Gasteiger partial charge is 0.490 e. The van der Waals surface area contributed by atoms with Crippen molar-refractivity contribution in [1.29, 1.82) is 0 Å². The van der Waals surface area contributed by atoms with Gasteiger partial charge in [0, 0.05) is 34.6 Å². The molecule has 3 aromatic heterocycles. The maximum atomic E-state index is 14.1. The Morgan fingerprint density at radius 1 is 0.593 bits per heavy atom. The fourth-order valence-electron chi connectivity index (χ4n) is 5.87. The molecule has 0 aliphatic rings. The second kappa shape index (κ2) is 15.7. The topological polar surface area (TPSA) is 191 Å². The fraction of sp³-hybridized carbons (Fsp3) is 0.353. The molecule has 290 valence electrons. The first-order chi connectivity index (χ1) is 25.1. The number of nitrogens with one attached hydrogen (secondary N) is 2. The summed E-state index contributed by atoms with van der Waals surface area (Å²) in [4.78, 5) is 84.1. The van der Waals surface area contributed by atoms with Crippen molar-refractivity contribution in [2.24, 2.45) is 0 Å². The standard InChI is InChI=1S/C30H32N6O4.2C2HF3O2/c1-33(2)13-7-15-35-27(37)17-11-12-18-22-21(17)23(29(35)39)25-26(32-20-10-6-5-9-19(20)31-25)24(22)30(40)36(28(18)38)16-8-14-34(3)4;2*3-2(4,5)1(6)7/h5-6,9-12,31-32H,7-8,13-16H2,1-4H3;2*(H,6,7). The highest BCUT2D eigenvalue weighted by molar-refractivity contribution is 6.32. The molecule has 4 N–H and O–H groups in total. The molecule has 0 saturated heterocycles. The molecule has 0 aliphatic carbocycles. The number of hydrogen-bond donors (Lipinski definition) is 4.